The maximum absolute atomic E-state index is 11.0. The van der Waals surface area contributed by atoms with Crippen molar-refractivity contribution in [3.8, 4) is 0 Å². The SMILES string of the molecule is Nc1ccc(N2CCCC2C(=O)O)nc1N. The lowest BCUT2D eigenvalue weighted by atomic mass is 10.2. The van der Waals surface area contributed by atoms with Crippen molar-refractivity contribution in [3.05, 3.63) is 12.1 Å². The molecule has 1 saturated heterocycles. The third kappa shape index (κ3) is 1.73. The van der Waals surface area contributed by atoms with E-state index < -0.39 is 12.0 Å². The average molecular weight is 222 g/mol. The molecular weight excluding hydrogens is 208 g/mol. The summed E-state index contributed by atoms with van der Waals surface area (Å²) in [5, 5.41) is 9.04. The topological polar surface area (TPSA) is 105 Å². The van der Waals surface area contributed by atoms with E-state index >= 15 is 0 Å². The molecule has 86 valence electrons. The van der Waals surface area contributed by atoms with Crippen molar-refractivity contribution in [2.24, 2.45) is 0 Å². The molecule has 16 heavy (non-hydrogen) atoms. The van der Waals surface area contributed by atoms with Gasteiger partial charge in [0, 0.05) is 6.54 Å². The summed E-state index contributed by atoms with van der Waals surface area (Å²) >= 11 is 0. The summed E-state index contributed by atoms with van der Waals surface area (Å²) < 4.78 is 0. The van der Waals surface area contributed by atoms with Gasteiger partial charge in [-0.2, -0.15) is 0 Å². The van der Waals surface area contributed by atoms with Crippen LogP contribution < -0.4 is 16.4 Å². The second kappa shape index (κ2) is 3.88. The van der Waals surface area contributed by atoms with Gasteiger partial charge in [-0.15, -0.1) is 0 Å². The highest BCUT2D eigenvalue weighted by Gasteiger charge is 2.31. The number of nitrogen functional groups attached to an aromatic ring is 2. The molecule has 5 N–H and O–H groups in total. The molecule has 1 aliphatic heterocycles. The number of hydrogen-bond donors (Lipinski definition) is 3. The molecule has 1 unspecified atom stereocenters. The van der Waals surface area contributed by atoms with E-state index in [0.717, 1.165) is 6.42 Å². The first-order valence-electron chi connectivity index (χ1n) is 5.11. The second-order valence-electron chi connectivity index (χ2n) is 3.83. The fourth-order valence-corrected chi connectivity index (χ4v) is 1.93. The van der Waals surface area contributed by atoms with Gasteiger partial charge < -0.3 is 21.5 Å². The van der Waals surface area contributed by atoms with Gasteiger partial charge in [0.25, 0.3) is 0 Å². The van der Waals surface area contributed by atoms with Gasteiger partial charge in [0.2, 0.25) is 0 Å². The minimum atomic E-state index is -0.824. The zero-order chi connectivity index (χ0) is 11.7. The molecule has 0 spiro atoms. The molecule has 2 rings (SSSR count). The molecule has 0 aliphatic carbocycles. The highest BCUT2D eigenvalue weighted by molar-refractivity contribution is 5.79. The van der Waals surface area contributed by atoms with Crippen LogP contribution in [0, 0.1) is 0 Å². The van der Waals surface area contributed by atoms with Crippen LogP contribution in [0.4, 0.5) is 17.3 Å². The Morgan fingerprint density at radius 2 is 2.25 bits per heavy atom. The molecule has 2 heterocycles. The fraction of sp³-hybridized carbons (Fsp3) is 0.400. The Kier molecular flexibility index (Phi) is 2.55. The monoisotopic (exact) mass is 222 g/mol. The van der Waals surface area contributed by atoms with Crippen LogP contribution in [-0.4, -0.2) is 28.6 Å². The van der Waals surface area contributed by atoms with Crippen LogP contribution in [0.2, 0.25) is 0 Å². The molecule has 0 bridgehead atoms. The number of carboxylic acid groups (broad SMARTS) is 1. The summed E-state index contributed by atoms with van der Waals surface area (Å²) in [5.41, 5.74) is 11.6. The molecule has 1 aliphatic rings. The molecule has 1 aromatic rings. The standard InChI is InChI=1S/C10H14N4O2/c11-6-3-4-8(13-9(6)12)14-5-1-2-7(14)10(15)16/h3-4,7H,1-2,5,11H2,(H2,12,13)(H,15,16). The molecule has 0 saturated carbocycles. The number of hydrogen-bond acceptors (Lipinski definition) is 5. The third-order valence-corrected chi connectivity index (χ3v) is 2.77. The number of nitrogens with zero attached hydrogens (tertiary/aromatic N) is 2. The van der Waals surface area contributed by atoms with Gasteiger partial charge in [0.15, 0.2) is 0 Å². The Labute approximate surface area is 92.9 Å². The van der Waals surface area contributed by atoms with Crippen LogP contribution in [0.5, 0.6) is 0 Å². The number of nitrogens with two attached hydrogens (primary N) is 2. The highest BCUT2D eigenvalue weighted by atomic mass is 16.4. The van der Waals surface area contributed by atoms with Crippen molar-refractivity contribution in [1.29, 1.82) is 0 Å². The lowest BCUT2D eigenvalue weighted by Crippen LogP contribution is -2.36. The first-order valence-corrected chi connectivity index (χ1v) is 5.11. The van der Waals surface area contributed by atoms with Crippen molar-refractivity contribution in [3.63, 3.8) is 0 Å². The van der Waals surface area contributed by atoms with Crippen LogP contribution in [0.1, 0.15) is 12.8 Å². The Bertz CT molecular complexity index is 421. The molecule has 1 aromatic heterocycles. The maximum atomic E-state index is 11.0. The van der Waals surface area contributed by atoms with Crippen LogP contribution in [-0.2, 0) is 4.79 Å². The molecule has 1 fully saturated rings. The van der Waals surface area contributed by atoms with E-state index in [9.17, 15) is 4.79 Å². The molecule has 0 radical (unpaired) electrons. The highest BCUT2D eigenvalue weighted by Crippen LogP contribution is 2.26. The van der Waals surface area contributed by atoms with Gasteiger partial charge in [0.1, 0.15) is 17.7 Å². The summed E-state index contributed by atoms with van der Waals surface area (Å²) in [7, 11) is 0. The van der Waals surface area contributed by atoms with Crippen LogP contribution in [0.15, 0.2) is 12.1 Å². The van der Waals surface area contributed by atoms with Gasteiger partial charge in [0.05, 0.1) is 5.69 Å². The lowest BCUT2D eigenvalue weighted by molar-refractivity contribution is -0.138. The molecule has 6 nitrogen and oxygen atoms in total. The number of anilines is 3. The van der Waals surface area contributed by atoms with Crippen LogP contribution in [0.3, 0.4) is 0 Å². The minimum absolute atomic E-state index is 0.244. The maximum Gasteiger partial charge on any atom is 0.326 e. The molecule has 6 heteroatoms. The quantitative estimate of drug-likeness (QED) is 0.664. The Morgan fingerprint density at radius 3 is 2.88 bits per heavy atom. The molecule has 0 aromatic carbocycles. The summed E-state index contributed by atoms with van der Waals surface area (Å²) in [6.45, 7) is 0.688. The van der Waals surface area contributed by atoms with Gasteiger partial charge in [-0.05, 0) is 25.0 Å². The van der Waals surface area contributed by atoms with E-state index in [1.807, 2.05) is 0 Å². The smallest absolute Gasteiger partial charge is 0.326 e. The molecule has 0 amide bonds. The summed E-state index contributed by atoms with van der Waals surface area (Å²) in [5.74, 6) is -0.000153. The Hall–Kier alpha value is -1.98. The van der Waals surface area contributed by atoms with E-state index in [1.165, 1.54) is 0 Å². The van der Waals surface area contributed by atoms with Crippen molar-refractivity contribution in [2.75, 3.05) is 22.9 Å². The van der Waals surface area contributed by atoms with E-state index in [-0.39, 0.29) is 5.82 Å². The van der Waals surface area contributed by atoms with Crippen molar-refractivity contribution in [2.45, 2.75) is 18.9 Å². The van der Waals surface area contributed by atoms with E-state index in [4.69, 9.17) is 16.6 Å². The minimum Gasteiger partial charge on any atom is -0.480 e. The first kappa shape index (κ1) is 10.5. The van der Waals surface area contributed by atoms with E-state index in [2.05, 4.69) is 4.98 Å². The zero-order valence-corrected chi connectivity index (χ0v) is 8.76. The number of carbonyl (C=O) groups is 1. The van der Waals surface area contributed by atoms with Gasteiger partial charge in [-0.1, -0.05) is 0 Å². The number of carboxylic acids is 1. The normalized spacial score (nSPS) is 20.0. The van der Waals surface area contributed by atoms with Crippen LogP contribution >= 0.6 is 0 Å². The first-order chi connectivity index (χ1) is 7.59. The number of aliphatic carboxylic acids is 1. The summed E-state index contributed by atoms with van der Waals surface area (Å²) in [6.07, 6.45) is 1.49. The van der Waals surface area contributed by atoms with Crippen molar-refractivity contribution >= 4 is 23.3 Å². The lowest BCUT2D eigenvalue weighted by Gasteiger charge is -2.22. The van der Waals surface area contributed by atoms with Gasteiger partial charge >= 0.3 is 5.97 Å². The fourth-order valence-electron chi connectivity index (χ4n) is 1.93. The van der Waals surface area contributed by atoms with Crippen molar-refractivity contribution in [1.82, 2.24) is 4.98 Å². The molecular formula is C10H14N4O2. The Balaban J connectivity index is 2.29. The Morgan fingerprint density at radius 1 is 1.50 bits per heavy atom. The van der Waals surface area contributed by atoms with Crippen LogP contribution in [0.25, 0.3) is 0 Å². The van der Waals surface area contributed by atoms with E-state index in [1.54, 1.807) is 17.0 Å². The summed E-state index contributed by atoms with van der Waals surface area (Å²) in [4.78, 5) is 16.9. The van der Waals surface area contributed by atoms with E-state index in [0.29, 0.717) is 24.5 Å². The molecule has 1 atom stereocenters. The third-order valence-electron chi connectivity index (χ3n) is 2.77. The predicted molar refractivity (Wildman–Crippen MR) is 61.1 cm³/mol. The van der Waals surface area contributed by atoms with Gasteiger partial charge in [-0.3, -0.25) is 0 Å². The predicted octanol–water partition coefficient (Wildman–Crippen LogP) is 0.299. The largest absolute Gasteiger partial charge is 0.480 e. The van der Waals surface area contributed by atoms with Crippen molar-refractivity contribution < 1.29 is 9.90 Å². The number of pyridine rings is 1. The number of aromatic nitrogens is 1. The summed E-state index contributed by atoms with van der Waals surface area (Å²) in [6, 6.07) is 2.84. The average Bonchev–Trinajstić information content (AvgIpc) is 2.71. The number of rotatable bonds is 2. The second-order valence-corrected chi connectivity index (χ2v) is 3.83. The van der Waals surface area contributed by atoms with Gasteiger partial charge in [-0.25, -0.2) is 9.78 Å². The zero-order valence-electron chi connectivity index (χ0n) is 8.76.